The van der Waals surface area contributed by atoms with Crippen LogP contribution in [0.1, 0.15) is 20.3 Å². The molecule has 0 aliphatic heterocycles. The van der Waals surface area contributed by atoms with Crippen molar-refractivity contribution in [2.45, 2.75) is 20.3 Å². The third-order valence-electron chi connectivity index (χ3n) is 2.22. The Balaban J connectivity index is 0.000000745. The van der Waals surface area contributed by atoms with E-state index in [2.05, 4.69) is 24.1 Å². The van der Waals surface area contributed by atoms with Crippen molar-refractivity contribution in [1.82, 2.24) is 4.98 Å². The molecule has 1 N–H and O–H groups in total. The topological polar surface area (TPSA) is 51.2 Å². The highest BCUT2D eigenvalue weighted by atomic mass is 35.5. The normalized spacial score (nSPS) is 9.45. The molecule has 0 aliphatic rings. The summed E-state index contributed by atoms with van der Waals surface area (Å²) in [4.78, 5) is 15.5. The van der Waals surface area contributed by atoms with E-state index in [1.54, 1.807) is 42.7 Å². The predicted octanol–water partition coefficient (Wildman–Crippen LogP) is 4.82. The standard InChI is InChI=1S/C13H10Cl2N2O2.C3H8/c14-9-1-2-12(11(15)7-9)19-8-13(18)17-10-3-5-16-6-4-10;1-3-2/h1-7H,8H2,(H,16,17,18);3H2,1-2H3. The number of hydrogen-bond donors (Lipinski definition) is 1. The van der Waals surface area contributed by atoms with Crippen molar-refractivity contribution in [3.05, 3.63) is 52.8 Å². The van der Waals surface area contributed by atoms with Crippen LogP contribution in [0.15, 0.2) is 42.7 Å². The van der Waals surface area contributed by atoms with Crippen LogP contribution >= 0.6 is 23.2 Å². The molecule has 0 radical (unpaired) electrons. The maximum absolute atomic E-state index is 11.6. The molecule has 0 fully saturated rings. The van der Waals surface area contributed by atoms with Crippen molar-refractivity contribution < 1.29 is 9.53 Å². The Morgan fingerprint density at radius 1 is 1.18 bits per heavy atom. The molecular weight excluding hydrogens is 323 g/mol. The van der Waals surface area contributed by atoms with Crippen molar-refractivity contribution >= 4 is 34.8 Å². The highest BCUT2D eigenvalue weighted by Gasteiger charge is 2.06. The zero-order chi connectivity index (χ0) is 16.4. The van der Waals surface area contributed by atoms with Gasteiger partial charge in [0.1, 0.15) is 5.75 Å². The fraction of sp³-hybridized carbons (Fsp3) is 0.250. The molecule has 4 nitrogen and oxygen atoms in total. The number of ether oxygens (including phenoxy) is 1. The number of amides is 1. The molecule has 0 bridgehead atoms. The molecule has 6 heteroatoms. The van der Waals surface area contributed by atoms with Gasteiger partial charge in [-0.05, 0) is 30.3 Å². The van der Waals surface area contributed by atoms with Gasteiger partial charge in [0.05, 0.1) is 5.02 Å². The highest BCUT2D eigenvalue weighted by molar-refractivity contribution is 6.35. The van der Waals surface area contributed by atoms with E-state index < -0.39 is 0 Å². The molecule has 2 aromatic rings. The summed E-state index contributed by atoms with van der Waals surface area (Å²) in [6.45, 7) is 4.11. The summed E-state index contributed by atoms with van der Waals surface area (Å²) >= 11 is 11.7. The summed E-state index contributed by atoms with van der Waals surface area (Å²) in [5.74, 6) is 0.133. The molecule has 0 saturated heterocycles. The lowest BCUT2D eigenvalue weighted by atomic mass is 10.3. The number of pyridine rings is 1. The van der Waals surface area contributed by atoms with Crippen LogP contribution in [0.3, 0.4) is 0 Å². The number of nitrogens with one attached hydrogen (secondary N) is 1. The number of anilines is 1. The van der Waals surface area contributed by atoms with Gasteiger partial charge in [-0.1, -0.05) is 43.5 Å². The van der Waals surface area contributed by atoms with Gasteiger partial charge >= 0.3 is 0 Å². The van der Waals surface area contributed by atoms with E-state index in [9.17, 15) is 4.79 Å². The number of aromatic nitrogens is 1. The maximum Gasteiger partial charge on any atom is 0.262 e. The van der Waals surface area contributed by atoms with Crippen molar-refractivity contribution in [3.63, 3.8) is 0 Å². The summed E-state index contributed by atoms with van der Waals surface area (Å²) in [6, 6.07) is 8.19. The van der Waals surface area contributed by atoms with E-state index in [-0.39, 0.29) is 12.5 Å². The van der Waals surface area contributed by atoms with Gasteiger partial charge in [0, 0.05) is 23.1 Å². The Morgan fingerprint density at radius 2 is 1.82 bits per heavy atom. The molecule has 2 rings (SSSR count). The number of hydrogen-bond acceptors (Lipinski definition) is 3. The molecule has 1 aromatic heterocycles. The minimum absolute atomic E-state index is 0.135. The lowest BCUT2D eigenvalue weighted by molar-refractivity contribution is -0.118. The van der Waals surface area contributed by atoms with Gasteiger partial charge in [0.2, 0.25) is 0 Å². The van der Waals surface area contributed by atoms with Crippen molar-refractivity contribution in [3.8, 4) is 5.75 Å². The molecule has 0 spiro atoms. The van der Waals surface area contributed by atoms with E-state index in [0.717, 1.165) is 0 Å². The number of nitrogens with zero attached hydrogens (tertiary/aromatic N) is 1. The molecule has 0 aliphatic carbocycles. The lowest BCUT2D eigenvalue weighted by Gasteiger charge is -2.08. The minimum atomic E-state index is -0.280. The molecule has 0 unspecified atom stereocenters. The Kier molecular flexibility index (Phi) is 8.33. The summed E-state index contributed by atoms with van der Waals surface area (Å²) in [6.07, 6.45) is 4.43. The van der Waals surface area contributed by atoms with Crippen LogP contribution in [0.5, 0.6) is 5.75 Å². The number of halogens is 2. The number of carbonyl (C=O) groups is 1. The highest BCUT2D eigenvalue weighted by Crippen LogP contribution is 2.27. The first-order valence-corrected chi connectivity index (χ1v) is 7.60. The SMILES string of the molecule is CCC.O=C(COc1ccc(Cl)cc1Cl)Nc1ccncc1. The van der Waals surface area contributed by atoms with Crippen LogP contribution < -0.4 is 10.1 Å². The first-order chi connectivity index (χ1) is 10.6. The van der Waals surface area contributed by atoms with Gasteiger partial charge < -0.3 is 10.1 Å². The van der Waals surface area contributed by atoms with Crippen LogP contribution in [0.4, 0.5) is 5.69 Å². The fourth-order valence-corrected chi connectivity index (χ4v) is 1.83. The van der Waals surface area contributed by atoms with Crippen LogP contribution in [0.25, 0.3) is 0 Å². The number of rotatable bonds is 4. The Hall–Kier alpha value is -1.78. The second-order valence-corrected chi connectivity index (χ2v) is 5.20. The van der Waals surface area contributed by atoms with Crippen molar-refractivity contribution in [2.24, 2.45) is 0 Å². The molecule has 0 saturated carbocycles. The zero-order valence-corrected chi connectivity index (χ0v) is 14.0. The van der Waals surface area contributed by atoms with E-state index in [1.165, 1.54) is 6.42 Å². The van der Waals surface area contributed by atoms with Gasteiger partial charge in [-0.25, -0.2) is 0 Å². The monoisotopic (exact) mass is 340 g/mol. The second-order valence-electron chi connectivity index (χ2n) is 4.35. The first kappa shape index (κ1) is 18.3. The predicted molar refractivity (Wildman–Crippen MR) is 90.8 cm³/mol. The van der Waals surface area contributed by atoms with Crippen LogP contribution in [-0.2, 0) is 4.79 Å². The Bertz CT molecular complexity index is 592. The van der Waals surface area contributed by atoms with E-state index in [1.807, 2.05) is 0 Å². The third-order valence-corrected chi connectivity index (χ3v) is 2.75. The largest absolute Gasteiger partial charge is 0.482 e. The summed E-state index contributed by atoms with van der Waals surface area (Å²) in [5.41, 5.74) is 0.658. The first-order valence-electron chi connectivity index (χ1n) is 6.84. The summed E-state index contributed by atoms with van der Waals surface area (Å²) < 4.78 is 5.31. The van der Waals surface area contributed by atoms with Gasteiger partial charge in [-0.3, -0.25) is 9.78 Å². The van der Waals surface area contributed by atoms with Crippen molar-refractivity contribution in [2.75, 3.05) is 11.9 Å². The smallest absolute Gasteiger partial charge is 0.262 e. The number of carbonyl (C=O) groups excluding carboxylic acids is 1. The van der Waals surface area contributed by atoms with Crippen LogP contribution in [0, 0.1) is 0 Å². The van der Waals surface area contributed by atoms with E-state index in [0.29, 0.717) is 21.5 Å². The molecule has 118 valence electrons. The van der Waals surface area contributed by atoms with Crippen LogP contribution in [0.2, 0.25) is 10.0 Å². The summed E-state index contributed by atoms with van der Waals surface area (Å²) in [5, 5.41) is 3.55. The van der Waals surface area contributed by atoms with Crippen LogP contribution in [-0.4, -0.2) is 17.5 Å². The second kappa shape index (κ2) is 10.0. The molecule has 0 atom stereocenters. The molecule has 1 amide bonds. The van der Waals surface area contributed by atoms with Crippen molar-refractivity contribution in [1.29, 1.82) is 0 Å². The van der Waals surface area contributed by atoms with E-state index in [4.69, 9.17) is 27.9 Å². The molecule has 1 heterocycles. The average Bonchev–Trinajstić information content (AvgIpc) is 2.48. The van der Waals surface area contributed by atoms with Gasteiger partial charge in [-0.2, -0.15) is 0 Å². The Morgan fingerprint density at radius 3 is 2.41 bits per heavy atom. The average molecular weight is 341 g/mol. The number of benzene rings is 1. The third kappa shape index (κ3) is 6.78. The fourth-order valence-electron chi connectivity index (χ4n) is 1.37. The van der Waals surface area contributed by atoms with E-state index >= 15 is 0 Å². The van der Waals surface area contributed by atoms with Gasteiger partial charge in [0.25, 0.3) is 5.91 Å². The van der Waals surface area contributed by atoms with Gasteiger partial charge in [0.15, 0.2) is 6.61 Å². The Labute approximate surface area is 140 Å². The quantitative estimate of drug-likeness (QED) is 0.867. The molecule has 22 heavy (non-hydrogen) atoms. The summed E-state index contributed by atoms with van der Waals surface area (Å²) in [7, 11) is 0. The maximum atomic E-state index is 11.6. The minimum Gasteiger partial charge on any atom is -0.482 e. The lowest BCUT2D eigenvalue weighted by Crippen LogP contribution is -2.20. The molecule has 1 aromatic carbocycles. The zero-order valence-electron chi connectivity index (χ0n) is 12.5. The van der Waals surface area contributed by atoms with Gasteiger partial charge in [-0.15, -0.1) is 0 Å². The molecular formula is C16H18Cl2N2O2.